The second-order valence-electron chi connectivity index (χ2n) is 6.86. The Balaban J connectivity index is 2.21. The predicted octanol–water partition coefficient (Wildman–Crippen LogP) is 3.07. The number of nitrogens with zero attached hydrogens (tertiary/aromatic N) is 3. The van der Waals surface area contributed by atoms with E-state index in [4.69, 9.17) is 5.73 Å². The first-order chi connectivity index (χ1) is 11.7. The number of carbonyl (C=O) groups is 1. The number of amides is 1. The van der Waals surface area contributed by atoms with Crippen LogP contribution in [0.3, 0.4) is 0 Å². The molecule has 1 aromatic heterocycles. The van der Waals surface area contributed by atoms with E-state index >= 15 is 0 Å². The molecule has 2 aromatic rings. The lowest BCUT2D eigenvalue weighted by molar-refractivity contribution is 0.0787. The van der Waals surface area contributed by atoms with E-state index in [1.54, 1.807) is 28.8 Å². The van der Waals surface area contributed by atoms with Crippen molar-refractivity contribution >= 4 is 5.91 Å². The van der Waals surface area contributed by atoms with Gasteiger partial charge in [-0.3, -0.25) is 4.79 Å². The third-order valence-corrected chi connectivity index (χ3v) is 4.58. The first-order valence-corrected chi connectivity index (χ1v) is 8.55. The number of benzene rings is 1. The highest BCUT2D eigenvalue weighted by Gasteiger charge is 2.23. The monoisotopic (exact) mass is 346 g/mol. The van der Waals surface area contributed by atoms with Crippen LogP contribution in [0.1, 0.15) is 42.0 Å². The van der Waals surface area contributed by atoms with Crippen LogP contribution in [0.25, 0.3) is 5.69 Å². The minimum absolute atomic E-state index is 0.0689. The number of hydrogen-bond donors (Lipinski definition) is 1. The van der Waals surface area contributed by atoms with Crippen molar-refractivity contribution in [2.45, 2.75) is 40.2 Å². The third-order valence-electron chi connectivity index (χ3n) is 4.58. The fourth-order valence-corrected chi connectivity index (χ4v) is 2.75. The van der Waals surface area contributed by atoms with Gasteiger partial charge in [0.15, 0.2) is 0 Å². The van der Waals surface area contributed by atoms with Crippen molar-refractivity contribution in [3.05, 3.63) is 47.0 Å². The van der Waals surface area contributed by atoms with Gasteiger partial charge in [-0.1, -0.05) is 13.8 Å². The predicted molar refractivity (Wildman–Crippen MR) is 97.4 cm³/mol. The average molecular weight is 346 g/mol. The van der Waals surface area contributed by atoms with E-state index in [1.807, 2.05) is 13.8 Å². The Kier molecular flexibility index (Phi) is 5.95. The molecule has 0 fully saturated rings. The molecular weight excluding hydrogens is 319 g/mol. The molecular formula is C19H27FN4O. The Bertz CT molecular complexity index is 737. The Morgan fingerprint density at radius 1 is 1.28 bits per heavy atom. The molecule has 1 heterocycles. The summed E-state index contributed by atoms with van der Waals surface area (Å²) in [6, 6.07) is 6.13. The molecule has 0 bridgehead atoms. The maximum Gasteiger partial charge on any atom is 0.257 e. The van der Waals surface area contributed by atoms with E-state index in [0.29, 0.717) is 23.7 Å². The Morgan fingerprint density at radius 2 is 1.88 bits per heavy atom. The van der Waals surface area contributed by atoms with Crippen LogP contribution in [0.2, 0.25) is 0 Å². The number of carbonyl (C=O) groups excluding carboxylic acids is 1. The molecule has 25 heavy (non-hydrogen) atoms. The Hall–Kier alpha value is -2.21. The lowest BCUT2D eigenvalue weighted by Gasteiger charge is -2.21. The van der Waals surface area contributed by atoms with Crippen LogP contribution in [0.15, 0.2) is 24.3 Å². The maximum absolute atomic E-state index is 13.1. The molecule has 1 atom stereocenters. The van der Waals surface area contributed by atoms with Crippen LogP contribution in [0.5, 0.6) is 0 Å². The van der Waals surface area contributed by atoms with Gasteiger partial charge in [0, 0.05) is 19.6 Å². The van der Waals surface area contributed by atoms with Gasteiger partial charge in [0.2, 0.25) is 0 Å². The summed E-state index contributed by atoms with van der Waals surface area (Å²) in [6.45, 7) is 8.41. The summed E-state index contributed by atoms with van der Waals surface area (Å²) < 4.78 is 14.8. The van der Waals surface area contributed by atoms with Gasteiger partial charge in [-0.05, 0) is 50.5 Å². The molecule has 1 unspecified atom stereocenters. The second-order valence-corrected chi connectivity index (χ2v) is 6.86. The number of halogens is 1. The first kappa shape index (κ1) is 19.1. The molecule has 136 valence electrons. The summed E-state index contributed by atoms with van der Waals surface area (Å²) in [6.07, 6.45) is 0.754. The van der Waals surface area contributed by atoms with Crippen molar-refractivity contribution in [2.75, 3.05) is 13.6 Å². The molecule has 0 aliphatic heterocycles. The van der Waals surface area contributed by atoms with E-state index in [-0.39, 0.29) is 17.8 Å². The van der Waals surface area contributed by atoms with E-state index in [0.717, 1.165) is 17.8 Å². The van der Waals surface area contributed by atoms with Gasteiger partial charge < -0.3 is 10.6 Å². The third kappa shape index (κ3) is 4.25. The van der Waals surface area contributed by atoms with Crippen LogP contribution >= 0.6 is 0 Å². The van der Waals surface area contributed by atoms with Gasteiger partial charge >= 0.3 is 0 Å². The molecule has 2 N–H and O–H groups in total. The zero-order chi connectivity index (χ0) is 18.7. The highest BCUT2D eigenvalue weighted by Crippen LogP contribution is 2.20. The van der Waals surface area contributed by atoms with Gasteiger partial charge in [0.25, 0.3) is 5.91 Å². The normalized spacial score (nSPS) is 12.5. The van der Waals surface area contributed by atoms with Gasteiger partial charge in [-0.2, -0.15) is 5.10 Å². The molecule has 1 amide bonds. The van der Waals surface area contributed by atoms with Gasteiger partial charge in [-0.15, -0.1) is 0 Å². The van der Waals surface area contributed by atoms with Crippen LogP contribution in [0, 0.1) is 25.6 Å². The number of nitrogens with two attached hydrogens (primary N) is 1. The summed E-state index contributed by atoms with van der Waals surface area (Å²) in [5.41, 5.74) is 8.79. The number of hydrogen-bond acceptors (Lipinski definition) is 3. The molecule has 0 radical (unpaired) electrons. The number of rotatable bonds is 6. The second kappa shape index (κ2) is 7.78. The van der Waals surface area contributed by atoms with Crippen molar-refractivity contribution < 1.29 is 9.18 Å². The largest absolute Gasteiger partial charge is 0.342 e. The fraction of sp³-hybridized carbons (Fsp3) is 0.474. The molecule has 2 rings (SSSR count). The Labute approximate surface area is 148 Å². The molecule has 0 saturated heterocycles. The van der Waals surface area contributed by atoms with Crippen LogP contribution in [-0.4, -0.2) is 40.2 Å². The molecule has 0 aliphatic carbocycles. The van der Waals surface area contributed by atoms with Crippen molar-refractivity contribution in [2.24, 2.45) is 11.7 Å². The summed E-state index contributed by atoms with van der Waals surface area (Å²) in [5.74, 6) is 0.00956. The SMILES string of the molecule is Cc1nn(-c2ccc(F)cc2)c(C)c1C(=O)N(C)CCC(N)C(C)C. The van der Waals surface area contributed by atoms with Crippen molar-refractivity contribution in [3.8, 4) is 5.69 Å². The standard InChI is InChI=1S/C19H27FN4O/c1-12(2)17(21)10-11-23(5)19(25)18-13(3)22-24(14(18)4)16-8-6-15(20)7-9-16/h6-9,12,17H,10-11,21H2,1-5H3. The quantitative estimate of drug-likeness (QED) is 0.874. The lowest BCUT2D eigenvalue weighted by atomic mass is 10.0. The van der Waals surface area contributed by atoms with Crippen molar-refractivity contribution in [1.29, 1.82) is 0 Å². The molecule has 6 heteroatoms. The minimum Gasteiger partial charge on any atom is -0.342 e. The fourth-order valence-electron chi connectivity index (χ4n) is 2.75. The van der Waals surface area contributed by atoms with Gasteiger partial charge in [-0.25, -0.2) is 9.07 Å². The van der Waals surface area contributed by atoms with E-state index in [2.05, 4.69) is 18.9 Å². The van der Waals surface area contributed by atoms with Gasteiger partial charge in [0.05, 0.1) is 22.6 Å². The summed E-state index contributed by atoms with van der Waals surface area (Å²) in [5, 5.41) is 4.46. The van der Waals surface area contributed by atoms with Crippen LogP contribution < -0.4 is 5.73 Å². The molecule has 0 aliphatic rings. The van der Waals surface area contributed by atoms with E-state index in [1.165, 1.54) is 12.1 Å². The molecule has 0 spiro atoms. The van der Waals surface area contributed by atoms with Gasteiger partial charge in [0.1, 0.15) is 5.82 Å². The topological polar surface area (TPSA) is 64.2 Å². The summed E-state index contributed by atoms with van der Waals surface area (Å²) in [7, 11) is 1.78. The summed E-state index contributed by atoms with van der Waals surface area (Å²) in [4.78, 5) is 14.5. The molecule has 1 aromatic carbocycles. The minimum atomic E-state index is -0.303. The van der Waals surface area contributed by atoms with Crippen LogP contribution in [-0.2, 0) is 0 Å². The van der Waals surface area contributed by atoms with Crippen LogP contribution in [0.4, 0.5) is 4.39 Å². The molecule has 5 nitrogen and oxygen atoms in total. The van der Waals surface area contributed by atoms with E-state index < -0.39 is 0 Å². The number of aromatic nitrogens is 2. The molecule has 0 saturated carbocycles. The highest BCUT2D eigenvalue weighted by atomic mass is 19.1. The zero-order valence-corrected chi connectivity index (χ0v) is 15.6. The van der Waals surface area contributed by atoms with Crippen molar-refractivity contribution in [1.82, 2.24) is 14.7 Å². The van der Waals surface area contributed by atoms with Crippen molar-refractivity contribution in [3.63, 3.8) is 0 Å². The summed E-state index contributed by atoms with van der Waals surface area (Å²) >= 11 is 0. The number of aryl methyl sites for hydroxylation is 1. The zero-order valence-electron chi connectivity index (χ0n) is 15.6. The van der Waals surface area contributed by atoms with E-state index in [9.17, 15) is 9.18 Å². The Morgan fingerprint density at radius 3 is 2.44 bits per heavy atom. The highest BCUT2D eigenvalue weighted by molar-refractivity contribution is 5.96. The average Bonchev–Trinajstić information content (AvgIpc) is 2.86. The first-order valence-electron chi connectivity index (χ1n) is 8.55. The smallest absolute Gasteiger partial charge is 0.257 e. The lowest BCUT2D eigenvalue weighted by Crippen LogP contribution is -2.35. The maximum atomic E-state index is 13.1.